The number of amides is 1. The monoisotopic (exact) mass is 286 g/mol. The van der Waals surface area contributed by atoms with E-state index in [1.807, 2.05) is 0 Å². The molecule has 1 rings (SSSR count). The number of rotatable bonds is 3. The Kier molecular flexibility index (Phi) is 4.52. The standard InChI is InChI=1S/C9H10N4O3S2/c1-4-5-6(2)13-18(15,16)9-12-11-8(17-9)10-7(3)14/h1-3H3,(H,10,11,14)/b13-6-. The second kappa shape index (κ2) is 5.70. The molecule has 0 atom stereocenters. The lowest BCUT2D eigenvalue weighted by molar-refractivity contribution is -0.114. The van der Waals surface area contributed by atoms with Gasteiger partial charge in [-0.25, -0.2) is 0 Å². The van der Waals surface area contributed by atoms with E-state index in [2.05, 4.69) is 31.8 Å². The number of nitrogens with one attached hydrogen (secondary N) is 1. The Morgan fingerprint density at radius 2 is 2.06 bits per heavy atom. The van der Waals surface area contributed by atoms with Crippen LogP contribution in [-0.4, -0.2) is 30.2 Å². The second-order valence-electron chi connectivity index (χ2n) is 3.08. The maximum atomic E-state index is 11.8. The predicted octanol–water partition coefficient (Wildman–Crippen LogP) is 0.669. The number of hydrogen-bond donors (Lipinski definition) is 1. The average molecular weight is 286 g/mol. The zero-order valence-electron chi connectivity index (χ0n) is 9.88. The van der Waals surface area contributed by atoms with Gasteiger partial charge < -0.3 is 5.32 Å². The third-order valence-electron chi connectivity index (χ3n) is 1.47. The van der Waals surface area contributed by atoms with Gasteiger partial charge in [0.2, 0.25) is 11.0 Å². The highest BCUT2D eigenvalue weighted by Gasteiger charge is 2.19. The van der Waals surface area contributed by atoms with Crippen molar-refractivity contribution in [1.82, 2.24) is 10.2 Å². The maximum Gasteiger partial charge on any atom is 0.312 e. The van der Waals surface area contributed by atoms with Crippen molar-refractivity contribution in [1.29, 1.82) is 0 Å². The van der Waals surface area contributed by atoms with Crippen molar-refractivity contribution in [3.8, 4) is 11.8 Å². The first-order valence-corrected chi connectivity index (χ1v) is 6.96. The number of carbonyl (C=O) groups is 1. The van der Waals surface area contributed by atoms with Gasteiger partial charge in [0.1, 0.15) is 5.71 Å². The quantitative estimate of drug-likeness (QED) is 0.500. The maximum absolute atomic E-state index is 11.8. The number of anilines is 1. The Labute approximate surface area is 108 Å². The van der Waals surface area contributed by atoms with E-state index in [1.165, 1.54) is 13.8 Å². The Bertz CT molecular complexity index is 649. The SMILES string of the molecule is CC#C/C(C)=N\S(=O)(=O)c1nnc(NC(C)=O)s1. The van der Waals surface area contributed by atoms with Crippen LogP contribution < -0.4 is 5.32 Å². The summed E-state index contributed by atoms with van der Waals surface area (Å²) in [6, 6.07) is 0. The number of carbonyl (C=O) groups excluding carboxylic acids is 1. The summed E-state index contributed by atoms with van der Waals surface area (Å²) in [4.78, 5) is 10.8. The normalized spacial score (nSPS) is 11.6. The third kappa shape index (κ3) is 3.90. The smallest absolute Gasteiger partial charge is 0.301 e. The van der Waals surface area contributed by atoms with Crippen molar-refractivity contribution in [2.24, 2.45) is 4.40 Å². The minimum Gasteiger partial charge on any atom is -0.301 e. The molecule has 7 nitrogen and oxygen atoms in total. The highest BCUT2D eigenvalue weighted by Crippen LogP contribution is 2.21. The number of sulfonamides is 1. The molecule has 0 aromatic carbocycles. The summed E-state index contributed by atoms with van der Waals surface area (Å²) in [5, 5.41) is 9.44. The van der Waals surface area contributed by atoms with Gasteiger partial charge in [-0.05, 0) is 13.8 Å². The molecule has 0 radical (unpaired) electrons. The zero-order chi connectivity index (χ0) is 13.8. The van der Waals surface area contributed by atoms with Gasteiger partial charge in [0.25, 0.3) is 4.34 Å². The molecule has 0 aliphatic rings. The number of aromatic nitrogens is 2. The molecule has 0 aliphatic carbocycles. The van der Waals surface area contributed by atoms with E-state index < -0.39 is 10.0 Å². The summed E-state index contributed by atoms with van der Waals surface area (Å²) in [5.41, 5.74) is 0.161. The summed E-state index contributed by atoms with van der Waals surface area (Å²) >= 11 is 0.731. The van der Waals surface area contributed by atoms with Crippen LogP contribution in [0.4, 0.5) is 5.13 Å². The minimum absolute atomic E-state index is 0.107. The van der Waals surface area contributed by atoms with Crippen LogP contribution in [0.25, 0.3) is 0 Å². The lowest BCUT2D eigenvalue weighted by Gasteiger charge is -1.92. The van der Waals surface area contributed by atoms with Crippen molar-refractivity contribution in [3.63, 3.8) is 0 Å². The molecular formula is C9H10N4O3S2. The zero-order valence-corrected chi connectivity index (χ0v) is 11.5. The van der Waals surface area contributed by atoms with E-state index in [0.29, 0.717) is 0 Å². The molecule has 0 saturated carbocycles. The molecule has 0 fully saturated rings. The molecule has 9 heteroatoms. The molecule has 1 aromatic heterocycles. The van der Waals surface area contributed by atoms with Crippen molar-refractivity contribution in [3.05, 3.63) is 0 Å². The van der Waals surface area contributed by atoms with Crippen LogP contribution in [0, 0.1) is 11.8 Å². The first-order chi connectivity index (χ1) is 8.35. The van der Waals surface area contributed by atoms with Crippen LogP contribution in [-0.2, 0) is 14.8 Å². The molecule has 1 aromatic rings. The van der Waals surface area contributed by atoms with Crippen molar-refractivity contribution in [2.45, 2.75) is 25.1 Å². The number of hydrogen-bond acceptors (Lipinski definition) is 6. The highest BCUT2D eigenvalue weighted by atomic mass is 32.2. The Morgan fingerprint density at radius 3 is 2.61 bits per heavy atom. The van der Waals surface area contributed by atoms with Crippen LogP contribution >= 0.6 is 11.3 Å². The van der Waals surface area contributed by atoms with Gasteiger partial charge in [-0.15, -0.1) is 16.1 Å². The van der Waals surface area contributed by atoms with E-state index in [4.69, 9.17) is 0 Å². The summed E-state index contributed by atoms with van der Waals surface area (Å²) in [5.74, 6) is 4.70. The van der Waals surface area contributed by atoms with Gasteiger partial charge in [0.05, 0.1) is 0 Å². The fraction of sp³-hybridized carbons (Fsp3) is 0.333. The van der Waals surface area contributed by atoms with Crippen molar-refractivity contribution < 1.29 is 13.2 Å². The summed E-state index contributed by atoms with van der Waals surface area (Å²) in [7, 11) is -3.92. The van der Waals surface area contributed by atoms with Crippen LogP contribution in [0.1, 0.15) is 20.8 Å². The molecule has 1 amide bonds. The topological polar surface area (TPSA) is 101 Å². The Hall–Kier alpha value is -1.79. The van der Waals surface area contributed by atoms with Gasteiger partial charge in [-0.2, -0.15) is 12.8 Å². The fourth-order valence-corrected chi connectivity index (χ4v) is 2.86. The highest BCUT2D eigenvalue weighted by molar-refractivity contribution is 7.92. The fourth-order valence-electron chi connectivity index (χ4n) is 0.938. The van der Waals surface area contributed by atoms with E-state index >= 15 is 0 Å². The summed E-state index contributed by atoms with van der Waals surface area (Å²) < 4.78 is 26.7. The van der Waals surface area contributed by atoms with Gasteiger partial charge >= 0.3 is 10.0 Å². The first-order valence-electron chi connectivity index (χ1n) is 4.70. The summed E-state index contributed by atoms with van der Waals surface area (Å²) in [6.45, 7) is 4.34. The molecule has 96 valence electrons. The number of nitrogens with zero attached hydrogens (tertiary/aromatic N) is 3. The van der Waals surface area contributed by atoms with Crippen molar-refractivity contribution >= 4 is 38.1 Å². The van der Waals surface area contributed by atoms with Gasteiger partial charge in [0.15, 0.2) is 0 Å². The van der Waals surface area contributed by atoms with E-state index in [-0.39, 0.29) is 21.1 Å². The third-order valence-corrected chi connectivity index (χ3v) is 4.03. The molecule has 1 heterocycles. The van der Waals surface area contributed by atoms with Crippen LogP contribution in [0.15, 0.2) is 8.74 Å². The van der Waals surface area contributed by atoms with Crippen LogP contribution in [0.2, 0.25) is 0 Å². The van der Waals surface area contributed by atoms with Crippen LogP contribution in [0.3, 0.4) is 0 Å². The first kappa shape index (κ1) is 14.3. The van der Waals surface area contributed by atoms with Crippen LogP contribution in [0.5, 0.6) is 0 Å². The molecule has 0 bridgehead atoms. The minimum atomic E-state index is -3.92. The van der Waals surface area contributed by atoms with Gasteiger partial charge in [-0.3, -0.25) is 4.79 Å². The van der Waals surface area contributed by atoms with E-state index in [9.17, 15) is 13.2 Å². The Balaban J connectivity index is 3.05. The Morgan fingerprint density at radius 1 is 1.39 bits per heavy atom. The molecule has 0 spiro atoms. The van der Waals surface area contributed by atoms with E-state index in [1.54, 1.807) is 6.92 Å². The van der Waals surface area contributed by atoms with E-state index in [0.717, 1.165) is 11.3 Å². The van der Waals surface area contributed by atoms with Gasteiger partial charge in [-0.1, -0.05) is 17.3 Å². The molecule has 18 heavy (non-hydrogen) atoms. The molecule has 1 N–H and O–H groups in total. The largest absolute Gasteiger partial charge is 0.312 e. The second-order valence-corrected chi connectivity index (χ2v) is 5.84. The molecule has 0 unspecified atom stereocenters. The average Bonchev–Trinajstić information content (AvgIpc) is 2.65. The lowest BCUT2D eigenvalue weighted by atomic mass is 10.4. The van der Waals surface area contributed by atoms with Gasteiger partial charge in [0, 0.05) is 6.92 Å². The summed E-state index contributed by atoms with van der Waals surface area (Å²) in [6.07, 6.45) is 0. The van der Waals surface area contributed by atoms with Crippen molar-refractivity contribution in [2.75, 3.05) is 5.32 Å². The lowest BCUT2D eigenvalue weighted by Crippen LogP contribution is -2.04. The predicted molar refractivity (Wildman–Crippen MR) is 68.0 cm³/mol. The molecular weight excluding hydrogens is 276 g/mol. The molecule has 0 aliphatic heterocycles. The molecule has 0 saturated heterocycles.